The fourth-order valence-electron chi connectivity index (χ4n) is 4.77. The van der Waals surface area contributed by atoms with Crippen molar-refractivity contribution in [2.24, 2.45) is 0 Å². The summed E-state index contributed by atoms with van der Waals surface area (Å²) in [4.78, 5) is 49.7. The van der Waals surface area contributed by atoms with E-state index in [0.717, 1.165) is 57.8 Å². The van der Waals surface area contributed by atoms with Crippen LogP contribution in [0, 0.1) is 0 Å². The first-order chi connectivity index (χ1) is 27.4. The van der Waals surface area contributed by atoms with Gasteiger partial charge in [0.1, 0.15) is 19.8 Å². The number of nitrogens with zero attached hydrogens (tertiary/aromatic N) is 1. The zero-order chi connectivity index (χ0) is 42.3. The van der Waals surface area contributed by atoms with Gasteiger partial charge in [0.2, 0.25) is 0 Å². The molecule has 0 amide bonds. The van der Waals surface area contributed by atoms with E-state index in [-0.39, 0.29) is 38.1 Å². The van der Waals surface area contributed by atoms with Gasteiger partial charge < -0.3 is 27.9 Å². The number of quaternary nitrogens is 1. The van der Waals surface area contributed by atoms with Gasteiger partial charge in [0.05, 0.1) is 27.7 Å². The van der Waals surface area contributed by atoms with Crippen molar-refractivity contribution in [1.29, 1.82) is 0 Å². The van der Waals surface area contributed by atoms with Crippen LogP contribution in [0.2, 0.25) is 0 Å². The van der Waals surface area contributed by atoms with Crippen LogP contribution >= 0.6 is 7.82 Å². The molecule has 0 aliphatic carbocycles. The highest BCUT2D eigenvalue weighted by Crippen LogP contribution is 2.38. The molecule has 0 bridgehead atoms. The summed E-state index contributed by atoms with van der Waals surface area (Å²) in [7, 11) is 0.993. The van der Waals surface area contributed by atoms with E-state index in [1.165, 1.54) is 25.3 Å². The fourth-order valence-corrected chi connectivity index (χ4v) is 5.50. The predicted molar refractivity (Wildman–Crippen MR) is 231 cm³/mol. The molecule has 0 aliphatic heterocycles. The highest BCUT2D eigenvalue weighted by Gasteiger charge is 2.21. The number of allylic oxidation sites excluding steroid dienone is 16. The number of esters is 2. The Kier molecular flexibility index (Phi) is 34.7. The van der Waals surface area contributed by atoms with E-state index in [0.29, 0.717) is 17.4 Å². The average molecular weight is 816 g/mol. The third-order valence-corrected chi connectivity index (χ3v) is 9.03. The summed E-state index contributed by atoms with van der Waals surface area (Å²) in [6.07, 6.45) is 44.5. The number of ether oxygens (including phenoxy) is 2. The number of carbonyl (C=O) groups is 3. The van der Waals surface area contributed by atoms with Crippen molar-refractivity contribution >= 4 is 25.5 Å². The van der Waals surface area contributed by atoms with Gasteiger partial charge in [-0.05, 0) is 83.1 Å². The molecular formula is C46H74NO9P. The Labute approximate surface area is 345 Å². The molecule has 0 fully saturated rings. The maximum atomic E-state index is 12.6. The molecule has 0 aliphatic rings. The number of hydrogen-bond acceptors (Lipinski definition) is 9. The van der Waals surface area contributed by atoms with Crippen LogP contribution in [0.5, 0.6) is 0 Å². The molecule has 0 radical (unpaired) electrons. The summed E-state index contributed by atoms with van der Waals surface area (Å²) < 4.78 is 33.5. The second-order valence-electron chi connectivity index (χ2n) is 14.6. The Morgan fingerprint density at radius 3 is 1.74 bits per heavy atom. The molecule has 0 aromatic heterocycles. The number of phosphoric acid groups is 1. The Hall–Kier alpha value is -3.40. The predicted octanol–water partition coefficient (Wildman–Crippen LogP) is 10.3. The number of carbonyl (C=O) groups excluding carboxylic acids is 3. The van der Waals surface area contributed by atoms with Crippen molar-refractivity contribution < 1.29 is 46.8 Å². The smallest absolute Gasteiger partial charge is 0.306 e. The molecule has 0 rings (SSSR count). The van der Waals surface area contributed by atoms with Crippen molar-refractivity contribution in [3.63, 3.8) is 0 Å². The van der Waals surface area contributed by atoms with Gasteiger partial charge in [0.25, 0.3) is 7.82 Å². The molecule has 0 heterocycles. The average Bonchev–Trinajstić information content (AvgIpc) is 3.15. The van der Waals surface area contributed by atoms with Crippen LogP contribution in [0.25, 0.3) is 0 Å². The lowest BCUT2D eigenvalue weighted by atomic mass is 10.1. The highest BCUT2D eigenvalue weighted by molar-refractivity contribution is 7.45. The zero-order valence-electron chi connectivity index (χ0n) is 35.7. The lowest BCUT2D eigenvalue weighted by Gasteiger charge is -2.28. The van der Waals surface area contributed by atoms with Crippen LogP contribution in [0.1, 0.15) is 123 Å². The Morgan fingerprint density at radius 2 is 1.16 bits per heavy atom. The first kappa shape index (κ1) is 53.6. The Morgan fingerprint density at radius 1 is 0.614 bits per heavy atom. The molecule has 0 aromatic carbocycles. The van der Waals surface area contributed by atoms with Gasteiger partial charge in [-0.15, -0.1) is 0 Å². The standard InChI is InChI=1S/C46H74NO9P/c1-6-8-10-12-14-16-18-20-21-23-25-27-29-31-33-37-46(50)56-44(42-55-57(51,52)54-40-39-47(3,4)5)41-53-45(49)38-34-36-43(48)35-32-30-28-26-24-22-19-17-15-13-11-9-7-2/h8,10,14-17,20-22,24-25,27-28,30,32,35,44H,6-7,9,11-13,18-19,23,26,29,31,33-34,36-42H2,1-5H3/b10-8-,16-14-,17-15-,21-20-,24-22-,27-25-,30-28-,35-32+/t44-/m1/s1. The van der Waals surface area contributed by atoms with Crippen LogP contribution in [0.4, 0.5) is 0 Å². The maximum absolute atomic E-state index is 12.6. The molecule has 0 aromatic rings. The molecule has 0 N–H and O–H groups in total. The van der Waals surface area contributed by atoms with Gasteiger partial charge >= 0.3 is 11.9 Å². The third kappa shape index (κ3) is 40.6. The normalized spacial score (nSPS) is 14.5. The molecule has 57 heavy (non-hydrogen) atoms. The quantitative estimate of drug-likeness (QED) is 0.0115. The highest BCUT2D eigenvalue weighted by atomic mass is 31.2. The van der Waals surface area contributed by atoms with Gasteiger partial charge in [-0.1, -0.05) is 118 Å². The molecule has 11 heteroatoms. The van der Waals surface area contributed by atoms with Gasteiger partial charge in [-0.25, -0.2) is 0 Å². The summed E-state index contributed by atoms with van der Waals surface area (Å²) in [5.41, 5.74) is 0. The van der Waals surface area contributed by atoms with Crippen LogP contribution in [-0.4, -0.2) is 75.8 Å². The number of unbranched alkanes of at least 4 members (excludes halogenated alkanes) is 5. The van der Waals surface area contributed by atoms with Crippen LogP contribution in [0.3, 0.4) is 0 Å². The number of likely N-dealkylation sites (N-methyl/N-ethyl adjacent to an activating group) is 1. The van der Waals surface area contributed by atoms with Crippen LogP contribution in [-0.2, 0) is 37.5 Å². The lowest BCUT2D eigenvalue weighted by molar-refractivity contribution is -0.870. The Bertz CT molecular complexity index is 1350. The summed E-state index contributed by atoms with van der Waals surface area (Å²) in [5.74, 6) is -1.27. The van der Waals surface area contributed by atoms with Gasteiger partial charge in [0, 0.05) is 19.3 Å². The van der Waals surface area contributed by atoms with E-state index in [2.05, 4.69) is 86.8 Å². The largest absolute Gasteiger partial charge is 0.756 e. The number of ketones is 1. The van der Waals surface area contributed by atoms with Gasteiger partial charge in [-0.2, -0.15) is 0 Å². The second kappa shape index (κ2) is 36.9. The minimum atomic E-state index is -4.70. The van der Waals surface area contributed by atoms with E-state index >= 15 is 0 Å². The van der Waals surface area contributed by atoms with E-state index in [1.54, 1.807) is 6.08 Å². The van der Waals surface area contributed by atoms with Crippen LogP contribution < -0.4 is 4.89 Å². The molecular weight excluding hydrogens is 741 g/mol. The van der Waals surface area contributed by atoms with E-state index in [1.807, 2.05) is 33.3 Å². The molecule has 322 valence electrons. The molecule has 0 saturated carbocycles. The van der Waals surface area contributed by atoms with Crippen molar-refractivity contribution in [2.75, 3.05) is 47.5 Å². The Balaban J connectivity index is 4.68. The topological polar surface area (TPSA) is 128 Å². The summed E-state index contributed by atoms with van der Waals surface area (Å²) >= 11 is 0. The third-order valence-electron chi connectivity index (χ3n) is 8.06. The molecule has 0 saturated heterocycles. The molecule has 2 atom stereocenters. The van der Waals surface area contributed by atoms with Gasteiger partial charge in [0.15, 0.2) is 11.9 Å². The summed E-state index contributed by atoms with van der Waals surface area (Å²) in [6, 6.07) is 0. The van der Waals surface area contributed by atoms with Crippen molar-refractivity contribution in [3.05, 3.63) is 97.2 Å². The SMILES string of the molecule is CC/C=C\C/C=C\C/C=C\C/C=C\CCCCC(=O)O[C@H](COC(=O)CCCC(=O)/C=C/C=C\C/C=C\C/C=C\CCCCC)COP(=O)([O-])OCC[N+](C)(C)C. The minimum absolute atomic E-state index is 0.0275. The first-order valence-electron chi connectivity index (χ1n) is 20.9. The molecule has 10 nitrogen and oxygen atoms in total. The van der Waals surface area contributed by atoms with Crippen LogP contribution in [0.15, 0.2) is 97.2 Å². The van der Waals surface area contributed by atoms with Crippen molar-refractivity contribution in [1.82, 2.24) is 0 Å². The minimum Gasteiger partial charge on any atom is -0.756 e. The maximum Gasteiger partial charge on any atom is 0.306 e. The zero-order valence-corrected chi connectivity index (χ0v) is 36.6. The monoisotopic (exact) mass is 816 g/mol. The summed E-state index contributed by atoms with van der Waals surface area (Å²) in [6.45, 7) is 3.71. The summed E-state index contributed by atoms with van der Waals surface area (Å²) in [5, 5.41) is 0. The second-order valence-corrected chi connectivity index (χ2v) is 16.1. The fraction of sp³-hybridized carbons (Fsp3) is 0.587. The molecule has 0 spiro atoms. The van der Waals surface area contributed by atoms with E-state index in [4.69, 9.17) is 18.5 Å². The van der Waals surface area contributed by atoms with E-state index < -0.39 is 39.1 Å². The van der Waals surface area contributed by atoms with Crippen molar-refractivity contribution in [2.45, 2.75) is 129 Å². The number of hydrogen-bond donors (Lipinski definition) is 0. The first-order valence-corrected chi connectivity index (χ1v) is 22.4. The lowest BCUT2D eigenvalue weighted by Crippen LogP contribution is -2.37. The number of rotatable bonds is 36. The van der Waals surface area contributed by atoms with E-state index in [9.17, 15) is 23.8 Å². The van der Waals surface area contributed by atoms with Gasteiger partial charge in [-0.3, -0.25) is 18.9 Å². The molecule has 1 unspecified atom stereocenters. The number of phosphoric ester groups is 1. The van der Waals surface area contributed by atoms with Crippen molar-refractivity contribution in [3.8, 4) is 0 Å².